The van der Waals surface area contributed by atoms with Crippen molar-refractivity contribution in [3.05, 3.63) is 78.3 Å². The molecular formula is C26H29N5O4. The zero-order valence-corrected chi connectivity index (χ0v) is 19.9. The first-order valence-corrected chi connectivity index (χ1v) is 11.6. The van der Waals surface area contributed by atoms with E-state index in [2.05, 4.69) is 15.6 Å². The molecule has 1 atom stereocenters. The van der Waals surface area contributed by atoms with E-state index < -0.39 is 6.04 Å². The third kappa shape index (κ3) is 5.68. The first-order chi connectivity index (χ1) is 17.1. The third-order valence-electron chi connectivity index (χ3n) is 5.79. The Kier molecular flexibility index (Phi) is 7.77. The molecule has 0 saturated carbocycles. The van der Waals surface area contributed by atoms with Crippen LogP contribution in [0.3, 0.4) is 0 Å². The molecular weight excluding hydrogens is 446 g/mol. The van der Waals surface area contributed by atoms with Gasteiger partial charge in [0.05, 0.1) is 25.4 Å². The smallest absolute Gasteiger partial charge is 0.247 e. The van der Waals surface area contributed by atoms with E-state index in [1.807, 2.05) is 43.3 Å². The van der Waals surface area contributed by atoms with Gasteiger partial charge in [0.25, 0.3) is 0 Å². The second-order valence-corrected chi connectivity index (χ2v) is 8.15. The second kappa shape index (κ2) is 11.3. The monoisotopic (exact) mass is 475 g/mol. The third-order valence-corrected chi connectivity index (χ3v) is 5.79. The predicted octanol–water partition coefficient (Wildman–Crippen LogP) is 3.72. The molecule has 9 nitrogen and oxygen atoms in total. The highest BCUT2D eigenvalue weighted by molar-refractivity contribution is 5.89. The lowest BCUT2D eigenvalue weighted by molar-refractivity contribution is -0.141. The Bertz CT molecular complexity index is 1250. The van der Waals surface area contributed by atoms with Crippen LogP contribution in [0.1, 0.15) is 37.1 Å². The molecule has 0 aliphatic heterocycles. The van der Waals surface area contributed by atoms with Crippen LogP contribution in [0.2, 0.25) is 0 Å². The Balaban J connectivity index is 1.64. The second-order valence-electron chi connectivity index (χ2n) is 8.15. The molecule has 2 aromatic heterocycles. The highest BCUT2D eigenvalue weighted by atomic mass is 16.5. The van der Waals surface area contributed by atoms with E-state index in [-0.39, 0.29) is 24.9 Å². The van der Waals surface area contributed by atoms with E-state index in [0.717, 1.165) is 18.4 Å². The standard InChI is InChI=1S/C26H29N5O4/c1-3-4-15-30(24(32)18-31-23-10-6-5-9-22(23)28-29-31)25(19-11-13-20(34-2)14-12-19)26(33)27-17-21-8-7-16-35-21/h5-14,16,25H,3-4,15,17-18H2,1-2H3,(H,27,33). The number of rotatable bonds is 11. The molecule has 0 bridgehead atoms. The van der Waals surface area contributed by atoms with Gasteiger partial charge in [-0.1, -0.05) is 42.8 Å². The summed E-state index contributed by atoms with van der Waals surface area (Å²) < 4.78 is 12.2. The van der Waals surface area contributed by atoms with Gasteiger partial charge in [0.1, 0.15) is 29.6 Å². The lowest BCUT2D eigenvalue weighted by Crippen LogP contribution is -2.45. The van der Waals surface area contributed by atoms with Crippen LogP contribution in [0.15, 0.2) is 71.3 Å². The van der Waals surface area contributed by atoms with Crippen LogP contribution in [0, 0.1) is 0 Å². The molecule has 2 amide bonds. The van der Waals surface area contributed by atoms with Crippen molar-refractivity contribution in [2.75, 3.05) is 13.7 Å². The van der Waals surface area contributed by atoms with Gasteiger partial charge in [-0.05, 0) is 48.4 Å². The molecule has 0 aliphatic rings. The number of nitrogens with zero attached hydrogens (tertiary/aromatic N) is 4. The van der Waals surface area contributed by atoms with Gasteiger partial charge in [0, 0.05) is 6.54 Å². The van der Waals surface area contributed by atoms with Gasteiger partial charge in [0.15, 0.2) is 0 Å². The number of amides is 2. The fourth-order valence-electron chi connectivity index (χ4n) is 3.92. The van der Waals surface area contributed by atoms with Crippen LogP contribution in [0.25, 0.3) is 11.0 Å². The molecule has 4 aromatic rings. The first kappa shape index (κ1) is 24.0. The molecule has 0 radical (unpaired) electrons. The molecule has 182 valence electrons. The number of ether oxygens (including phenoxy) is 1. The maximum Gasteiger partial charge on any atom is 0.247 e. The number of methoxy groups -OCH3 is 1. The zero-order chi connectivity index (χ0) is 24.6. The Hall–Kier alpha value is -4.14. The molecule has 4 rings (SSSR count). The van der Waals surface area contributed by atoms with Crippen LogP contribution in [0.4, 0.5) is 0 Å². The number of carbonyl (C=O) groups is 2. The van der Waals surface area contributed by atoms with Crippen molar-refractivity contribution in [2.24, 2.45) is 0 Å². The minimum atomic E-state index is -0.829. The fourth-order valence-corrected chi connectivity index (χ4v) is 3.92. The van der Waals surface area contributed by atoms with E-state index in [1.54, 1.807) is 47.2 Å². The molecule has 1 N–H and O–H groups in total. The van der Waals surface area contributed by atoms with Crippen molar-refractivity contribution in [2.45, 2.75) is 38.9 Å². The normalized spacial score (nSPS) is 11.8. The van der Waals surface area contributed by atoms with Gasteiger partial charge in [-0.2, -0.15) is 0 Å². The van der Waals surface area contributed by atoms with Gasteiger partial charge >= 0.3 is 0 Å². The average Bonchev–Trinajstić information content (AvgIpc) is 3.55. The van der Waals surface area contributed by atoms with Gasteiger partial charge in [0.2, 0.25) is 11.8 Å². The van der Waals surface area contributed by atoms with Crippen molar-refractivity contribution in [1.82, 2.24) is 25.2 Å². The van der Waals surface area contributed by atoms with Crippen LogP contribution in [0.5, 0.6) is 5.75 Å². The summed E-state index contributed by atoms with van der Waals surface area (Å²) in [7, 11) is 1.59. The molecule has 0 saturated heterocycles. The van der Waals surface area contributed by atoms with Crippen LogP contribution >= 0.6 is 0 Å². The number of furan rings is 1. The molecule has 0 spiro atoms. The summed E-state index contributed by atoms with van der Waals surface area (Å²) in [5, 5.41) is 11.2. The number of carbonyl (C=O) groups excluding carboxylic acids is 2. The van der Waals surface area contributed by atoms with Crippen LogP contribution in [-0.4, -0.2) is 45.4 Å². The molecule has 2 heterocycles. The number of unbranched alkanes of at least 4 members (excludes halogenated alkanes) is 1. The summed E-state index contributed by atoms with van der Waals surface area (Å²) in [5.74, 6) is 0.791. The summed E-state index contributed by atoms with van der Waals surface area (Å²) >= 11 is 0. The van der Waals surface area contributed by atoms with Crippen molar-refractivity contribution in [1.29, 1.82) is 0 Å². The number of aromatic nitrogens is 3. The van der Waals surface area contributed by atoms with Crippen LogP contribution < -0.4 is 10.1 Å². The van der Waals surface area contributed by atoms with E-state index in [9.17, 15) is 9.59 Å². The lowest BCUT2D eigenvalue weighted by Gasteiger charge is -2.31. The highest BCUT2D eigenvalue weighted by Crippen LogP contribution is 2.25. The minimum absolute atomic E-state index is 0.0255. The number of benzene rings is 2. The number of para-hydroxylation sites is 1. The van der Waals surface area contributed by atoms with E-state index in [4.69, 9.17) is 9.15 Å². The summed E-state index contributed by atoms with van der Waals surface area (Å²) in [6.07, 6.45) is 3.18. The average molecular weight is 476 g/mol. The van der Waals surface area contributed by atoms with Gasteiger partial charge < -0.3 is 19.4 Å². The molecule has 35 heavy (non-hydrogen) atoms. The van der Waals surface area contributed by atoms with Gasteiger partial charge in [-0.15, -0.1) is 5.10 Å². The van der Waals surface area contributed by atoms with E-state index in [1.165, 1.54) is 0 Å². The highest BCUT2D eigenvalue weighted by Gasteiger charge is 2.31. The number of hydrogen-bond acceptors (Lipinski definition) is 6. The topological polar surface area (TPSA) is 102 Å². The molecule has 0 aliphatic carbocycles. The number of hydrogen-bond donors (Lipinski definition) is 1. The SMILES string of the molecule is CCCCN(C(=O)Cn1nnc2ccccc21)C(C(=O)NCc1ccco1)c1ccc(OC)cc1. The van der Waals surface area contributed by atoms with Crippen molar-refractivity contribution < 1.29 is 18.7 Å². The maximum absolute atomic E-state index is 13.6. The zero-order valence-electron chi connectivity index (χ0n) is 19.9. The van der Waals surface area contributed by atoms with Crippen molar-refractivity contribution >= 4 is 22.8 Å². The number of nitrogens with one attached hydrogen (secondary N) is 1. The number of fused-ring (bicyclic) bond motifs is 1. The molecule has 0 fully saturated rings. The Labute approximate surface area is 203 Å². The largest absolute Gasteiger partial charge is 0.497 e. The maximum atomic E-state index is 13.6. The first-order valence-electron chi connectivity index (χ1n) is 11.6. The lowest BCUT2D eigenvalue weighted by atomic mass is 10.0. The van der Waals surface area contributed by atoms with Crippen molar-refractivity contribution in [3.63, 3.8) is 0 Å². The van der Waals surface area contributed by atoms with Gasteiger partial charge in [-0.25, -0.2) is 4.68 Å². The molecule has 2 aromatic carbocycles. The summed E-state index contributed by atoms with van der Waals surface area (Å²) in [6, 6.07) is 17.4. The van der Waals surface area contributed by atoms with Crippen molar-refractivity contribution in [3.8, 4) is 5.75 Å². The fraction of sp³-hybridized carbons (Fsp3) is 0.308. The van der Waals surface area contributed by atoms with E-state index >= 15 is 0 Å². The summed E-state index contributed by atoms with van der Waals surface area (Å²) in [6.45, 7) is 2.67. The molecule has 1 unspecified atom stereocenters. The quantitative estimate of drug-likeness (QED) is 0.355. The Morgan fingerprint density at radius 3 is 2.63 bits per heavy atom. The summed E-state index contributed by atoms with van der Waals surface area (Å²) in [4.78, 5) is 28.8. The van der Waals surface area contributed by atoms with Gasteiger partial charge in [-0.3, -0.25) is 9.59 Å². The molecule has 9 heteroatoms. The Morgan fingerprint density at radius 2 is 1.91 bits per heavy atom. The summed E-state index contributed by atoms with van der Waals surface area (Å²) in [5.41, 5.74) is 2.17. The van der Waals surface area contributed by atoms with E-state index in [0.29, 0.717) is 29.1 Å². The van der Waals surface area contributed by atoms with Crippen LogP contribution in [-0.2, 0) is 22.7 Å². The Morgan fingerprint density at radius 1 is 1.11 bits per heavy atom. The minimum Gasteiger partial charge on any atom is -0.497 e. The predicted molar refractivity (Wildman–Crippen MR) is 130 cm³/mol.